The summed E-state index contributed by atoms with van der Waals surface area (Å²) in [5.74, 6) is 0.715. The number of benzene rings is 2. The summed E-state index contributed by atoms with van der Waals surface area (Å²) in [6.07, 6.45) is 2.71. The van der Waals surface area contributed by atoms with Gasteiger partial charge in [0.15, 0.2) is 11.0 Å². The molecule has 158 valence electrons. The van der Waals surface area contributed by atoms with Gasteiger partial charge in [0.05, 0.1) is 19.3 Å². The van der Waals surface area contributed by atoms with Crippen molar-refractivity contribution in [2.24, 2.45) is 0 Å². The minimum atomic E-state index is -0.737. The van der Waals surface area contributed by atoms with Gasteiger partial charge in [-0.15, -0.1) is 10.2 Å². The maximum Gasteiger partial charge on any atom is 0.196 e. The van der Waals surface area contributed by atoms with Crippen LogP contribution in [0, 0.1) is 5.82 Å². The molecule has 0 radical (unpaired) electrons. The van der Waals surface area contributed by atoms with Crippen molar-refractivity contribution in [3.63, 3.8) is 0 Å². The Morgan fingerprint density at radius 3 is 2.58 bits per heavy atom. The number of para-hydroxylation sites is 1. The summed E-state index contributed by atoms with van der Waals surface area (Å²) in [6.45, 7) is 0.204. The molecule has 0 aliphatic heterocycles. The molecule has 0 unspecified atom stereocenters. The van der Waals surface area contributed by atoms with Crippen LogP contribution in [0.2, 0.25) is 0 Å². The van der Waals surface area contributed by atoms with Crippen molar-refractivity contribution in [2.75, 3.05) is 12.4 Å². The summed E-state index contributed by atoms with van der Waals surface area (Å²) in [6, 6.07) is 20.0. The van der Waals surface area contributed by atoms with Gasteiger partial charge >= 0.3 is 0 Å². The van der Waals surface area contributed by atoms with Crippen LogP contribution in [0.3, 0.4) is 0 Å². The Hall–Kier alpha value is -3.07. The van der Waals surface area contributed by atoms with Gasteiger partial charge in [-0.1, -0.05) is 48.2 Å². The average molecular weight is 437 g/mol. The Morgan fingerprint density at radius 1 is 1.00 bits per heavy atom. The molecule has 0 fully saturated rings. The topological polar surface area (TPSA) is 73.1 Å². The maximum absolute atomic E-state index is 13.7. The summed E-state index contributed by atoms with van der Waals surface area (Å²) in [7, 11) is 0. The highest BCUT2D eigenvalue weighted by atomic mass is 32.2. The second kappa shape index (κ2) is 10.3. The molecule has 0 saturated heterocycles. The van der Waals surface area contributed by atoms with E-state index in [1.54, 1.807) is 30.6 Å². The van der Waals surface area contributed by atoms with Crippen molar-refractivity contribution in [2.45, 2.75) is 17.9 Å². The van der Waals surface area contributed by atoms with Crippen LogP contribution >= 0.6 is 11.8 Å². The number of aliphatic hydroxyl groups is 1. The van der Waals surface area contributed by atoms with Crippen molar-refractivity contribution in [1.29, 1.82) is 0 Å². The number of hydrogen-bond acceptors (Lipinski definition) is 6. The number of aliphatic hydroxyl groups excluding tert-OH is 1. The fraction of sp³-hybridized carbons (Fsp3) is 0.174. The molecule has 8 heteroatoms. The maximum atomic E-state index is 13.7. The van der Waals surface area contributed by atoms with E-state index in [9.17, 15) is 9.50 Å². The van der Waals surface area contributed by atoms with Gasteiger partial charge in [-0.2, -0.15) is 0 Å². The van der Waals surface area contributed by atoms with Crippen molar-refractivity contribution >= 4 is 11.8 Å². The van der Waals surface area contributed by atoms with Gasteiger partial charge in [0, 0.05) is 35.0 Å². The zero-order chi connectivity index (χ0) is 21.5. The summed E-state index contributed by atoms with van der Waals surface area (Å²) < 4.78 is 21.1. The van der Waals surface area contributed by atoms with E-state index in [4.69, 9.17) is 4.74 Å². The van der Waals surface area contributed by atoms with Crippen LogP contribution in [0.5, 0.6) is 0 Å². The van der Waals surface area contributed by atoms with Gasteiger partial charge in [-0.25, -0.2) is 4.39 Å². The van der Waals surface area contributed by atoms with Crippen LogP contribution in [-0.4, -0.2) is 43.3 Å². The zero-order valence-electron chi connectivity index (χ0n) is 16.6. The molecule has 4 rings (SSSR count). The molecule has 0 aliphatic carbocycles. The first-order chi connectivity index (χ1) is 15.2. The number of aromatic nitrogens is 4. The molecule has 4 aromatic rings. The monoisotopic (exact) mass is 436 g/mol. The Labute approximate surface area is 183 Å². The lowest BCUT2D eigenvalue weighted by Gasteiger charge is -2.13. The van der Waals surface area contributed by atoms with Gasteiger partial charge in [-0.05, 0) is 30.3 Å². The third-order valence-corrected chi connectivity index (χ3v) is 5.57. The third kappa shape index (κ3) is 5.35. The molecular weight excluding hydrogens is 415 g/mol. The highest BCUT2D eigenvalue weighted by Gasteiger charge is 2.17. The van der Waals surface area contributed by atoms with E-state index in [1.807, 2.05) is 47.0 Å². The summed E-state index contributed by atoms with van der Waals surface area (Å²) >= 11 is 1.38. The number of nitrogens with zero attached hydrogens (tertiary/aromatic N) is 4. The third-order valence-electron chi connectivity index (χ3n) is 4.50. The highest BCUT2D eigenvalue weighted by Crippen LogP contribution is 2.27. The minimum absolute atomic E-state index is 0.0935. The first-order valence-electron chi connectivity index (χ1n) is 9.75. The van der Waals surface area contributed by atoms with Gasteiger partial charge < -0.3 is 9.84 Å². The summed E-state index contributed by atoms with van der Waals surface area (Å²) in [5.41, 5.74) is 2.23. The summed E-state index contributed by atoms with van der Waals surface area (Å²) in [5, 5.41) is 19.7. The molecule has 31 heavy (non-hydrogen) atoms. The lowest BCUT2D eigenvalue weighted by atomic mass is 10.2. The molecule has 0 saturated carbocycles. The van der Waals surface area contributed by atoms with E-state index < -0.39 is 6.10 Å². The Balaban J connectivity index is 1.43. The second-order valence-corrected chi connectivity index (χ2v) is 7.78. The molecule has 0 bridgehead atoms. The SMILES string of the molecule is O[C@H](COCc1ccccc1F)CSc1nnc(-c2cccnc2)n1-c1ccccc1. The molecule has 2 aromatic heterocycles. The van der Waals surface area contributed by atoms with E-state index in [2.05, 4.69) is 15.2 Å². The molecular formula is C23H21FN4O2S. The molecule has 0 amide bonds. The largest absolute Gasteiger partial charge is 0.390 e. The molecule has 1 atom stereocenters. The molecule has 2 aromatic carbocycles. The zero-order valence-corrected chi connectivity index (χ0v) is 17.5. The van der Waals surface area contributed by atoms with Gasteiger partial charge in [0.2, 0.25) is 0 Å². The second-order valence-electron chi connectivity index (χ2n) is 6.79. The fourth-order valence-corrected chi connectivity index (χ4v) is 3.85. The smallest absolute Gasteiger partial charge is 0.196 e. The van der Waals surface area contributed by atoms with Gasteiger partial charge in [0.25, 0.3) is 0 Å². The van der Waals surface area contributed by atoms with E-state index in [0.717, 1.165) is 11.3 Å². The number of pyridine rings is 1. The lowest BCUT2D eigenvalue weighted by Crippen LogP contribution is -2.18. The standard InChI is InChI=1S/C23H21FN4O2S/c24-21-11-5-4-7-18(21)14-30-15-20(29)16-31-23-27-26-22(17-8-6-12-25-13-17)28(23)19-9-2-1-3-10-19/h1-13,20,29H,14-16H2/t20-/m1/s1. The van der Waals surface area contributed by atoms with E-state index in [1.165, 1.54) is 17.8 Å². The fourth-order valence-electron chi connectivity index (χ4n) is 2.99. The van der Waals surface area contributed by atoms with E-state index in [-0.39, 0.29) is 19.0 Å². The Morgan fingerprint density at radius 2 is 1.81 bits per heavy atom. The first-order valence-corrected chi connectivity index (χ1v) is 10.7. The minimum Gasteiger partial charge on any atom is -0.390 e. The van der Waals surface area contributed by atoms with Crippen LogP contribution in [0.4, 0.5) is 4.39 Å². The number of halogens is 1. The van der Waals surface area contributed by atoms with E-state index in [0.29, 0.717) is 22.3 Å². The Bertz CT molecular complexity index is 1110. The molecule has 0 spiro atoms. The molecule has 2 heterocycles. The average Bonchev–Trinajstić information content (AvgIpc) is 3.24. The highest BCUT2D eigenvalue weighted by molar-refractivity contribution is 7.99. The van der Waals surface area contributed by atoms with Crippen molar-refractivity contribution in [1.82, 2.24) is 19.7 Å². The molecule has 1 N–H and O–H groups in total. The predicted octanol–water partition coefficient (Wildman–Crippen LogP) is 4.14. The number of thioether (sulfide) groups is 1. The van der Waals surface area contributed by atoms with Crippen LogP contribution in [-0.2, 0) is 11.3 Å². The van der Waals surface area contributed by atoms with Crippen LogP contribution in [0.1, 0.15) is 5.56 Å². The molecule has 6 nitrogen and oxygen atoms in total. The van der Waals surface area contributed by atoms with Gasteiger partial charge in [-0.3, -0.25) is 9.55 Å². The Kier molecular flexibility index (Phi) is 7.03. The van der Waals surface area contributed by atoms with Crippen LogP contribution < -0.4 is 0 Å². The van der Waals surface area contributed by atoms with Crippen molar-refractivity contribution < 1.29 is 14.2 Å². The van der Waals surface area contributed by atoms with Crippen molar-refractivity contribution in [3.8, 4) is 17.1 Å². The number of rotatable bonds is 9. The van der Waals surface area contributed by atoms with Crippen LogP contribution in [0.25, 0.3) is 17.1 Å². The summed E-state index contributed by atoms with van der Waals surface area (Å²) in [4.78, 5) is 4.17. The number of ether oxygens (including phenoxy) is 1. The number of hydrogen-bond donors (Lipinski definition) is 1. The first kappa shape index (κ1) is 21.2. The van der Waals surface area contributed by atoms with Gasteiger partial charge in [0.1, 0.15) is 5.82 Å². The predicted molar refractivity (Wildman–Crippen MR) is 117 cm³/mol. The van der Waals surface area contributed by atoms with E-state index >= 15 is 0 Å². The normalized spacial score (nSPS) is 12.1. The van der Waals surface area contributed by atoms with Crippen molar-refractivity contribution in [3.05, 3.63) is 90.5 Å². The quantitative estimate of drug-likeness (QED) is 0.398. The van der Waals surface area contributed by atoms with Crippen LogP contribution in [0.15, 0.2) is 84.3 Å². The lowest BCUT2D eigenvalue weighted by molar-refractivity contribution is 0.0386. The molecule has 0 aliphatic rings.